The van der Waals surface area contributed by atoms with Gasteiger partial charge in [0.25, 0.3) is 0 Å². The van der Waals surface area contributed by atoms with Crippen molar-refractivity contribution in [2.75, 3.05) is 7.11 Å². The second-order valence-electron chi connectivity index (χ2n) is 6.02. The van der Waals surface area contributed by atoms with Crippen LogP contribution in [-0.4, -0.2) is 13.2 Å². The molecule has 0 saturated heterocycles. The van der Waals surface area contributed by atoms with Crippen LogP contribution < -0.4 is 10.5 Å². The molecule has 1 unspecified atom stereocenters. The number of benzene rings is 1. The molecule has 2 rings (SSSR count). The zero-order valence-electron chi connectivity index (χ0n) is 11.6. The molecule has 0 aliphatic heterocycles. The van der Waals surface area contributed by atoms with Crippen molar-refractivity contribution in [3.8, 4) is 5.75 Å². The molecule has 2 heteroatoms. The fraction of sp³-hybridized carbons (Fsp3) is 0.500. The highest BCUT2D eigenvalue weighted by atomic mass is 16.5. The summed E-state index contributed by atoms with van der Waals surface area (Å²) in [6.45, 7) is 4.59. The van der Waals surface area contributed by atoms with Crippen molar-refractivity contribution < 1.29 is 4.74 Å². The van der Waals surface area contributed by atoms with Gasteiger partial charge < -0.3 is 10.5 Å². The van der Waals surface area contributed by atoms with E-state index in [1.807, 2.05) is 12.1 Å². The van der Waals surface area contributed by atoms with Crippen molar-refractivity contribution >= 4 is 0 Å². The quantitative estimate of drug-likeness (QED) is 0.829. The lowest BCUT2D eigenvalue weighted by atomic mass is 9.74. The molecule has 0 saturated carbocycles. The lowest BCUT2D eigenvalue weighted by Crippen LogP contribution is -2.31. The minimum Gasteiger partial charge on any atom is -0.496 e. The second-order valence-corrected chi connectivity index (χ2v) is 6.02. The molecule has 0 radical (unpaired) electrons. The van der Waals surface area contributed by atoms with Gasteiger partial charge in [-0.3, -0.25) is 0 Å². The Morgan fingerprint density at radius 3 is 2.72 bits per heavy atom. The fourth-order valence-corrected chi connectivity index (χ4v) is 2.96. The Hall–Kier alpha value is -1.28. The molecule has 0 spiro atoms. The Morgan fingerprint density at radius 2 is 2.06 bits per heavy atom. The molecule has 1 aliphatic carbocycles. The molecule has 98 valence electrons. The predicted octanol–water partition coefficient (Wildman–Crippen LogP) is 3.31. The van der Waals surface area contributed by atoms with Gasteiger partial charge in [-0.05, 0) is 36.3 Å². The van der Waals surface area contributed by atoms with Gasteiger partial charge >= 0.3 is 0 Å². The van der Waals surface area contributed by atoms with E-state index in [0.717, 1.165) is 25.0 Å². The normalized spacial score (nSPS) is 22.4. The molecule has 0 heterocycles. The van der Waals surface area contributed by atoms with E-state index in [2.05, 4.69) is 32.1 Å². The zero-order valence-corrected chi connectivity index (χ0v) is 11.6. The second kappa shape index (κ2) is 5.15. The monoisotopic (exact) mass is 245 g/mol. The van der Waals surface area contributed by atoms with Gasteiger partial charge in [-0.1, -0.05) is 43.7 Å². The zero-order chi connectivity index (χ0) is 13.2. The van der Waals surface area contributed by atoms with Crippen LogP contribution in [0.4, 0.5) is 0 Å². The van der Waals surface area contributed by atoms with E-state index in [4.69, 9.17) is 10.5 Å². The summed E-state index contributed by atoms with van der Waals surface area (Å²) in [7, 11) is 1.73. The number of hydrogen-bond acceptors (Lipinski definition) is 2. The first kappa shape index (κ1) is 13.2. The van der Waals surface area contributed by atoms with E-state index in [0.29, 0.717) is 5.41 Å². The predicted molar refractivity (Wildman–Crippen MR) is 75.8 cm³/mol. The first-order valence-electron chi connectivity index (χ1n) is 6.57. The highest BCUT2D eigenvalue weighted by Gasteiger charge is 2.27. The van der Waals surface area contributed by atoms with E-state index in [-0.39, 0.29) is 6.04 Å². The van der Waals surface area contributed by atoms with Gasteiger partial charge in [0, 0.05) is 6.04 Å². The number of allylic oxidation sites excluding steroid dienone is 1. The Balaban J connectivity index is 2.18. The molecule has 0 bridgehead atoms. The van der Waals surface area contributed by atoms with Crippen LogP contribution in [0.25, 0.3) is 0 Å². The number of methoxy groups -OCH3 is 1. The molecule has 0 fully saturated rings. The Bertz CT molecular complexity index is 448. The minimum absolute atomic E-state index is 0.193. The van der Waals surface area contributed by atoms with Crippen molar-refractivity contribution in [1.29, 1.82) is 0 Å². The number of hydrogen-bond donors (Lipinski definition) is 1. The van der Waals surface area contributed by atoms with Crippen LogP contribution in [0.3, 0.4) is 0 Å². The van der Waals surface area contributed by atoms with Crippen LogP contribution in [0, 0.1) is 5.41 Å². The average molecular weight is 245 g/mol. The molecule has 1 atom stereocenters. The Labute approximate surface area is 110 Å². The van der Waals surface area contributed by atoms with Gasteiger partial charge in [0.05, 0.1) is 7.11 Å². The number of ether oxygens (including phenoxy) is 1. The van der Waals surface area contributed by atoms with Gasteiger partial charge in [0.15, 0.2) is 0 Å². The Morgan fingerprint density at radius 1 is 1.33 bits per heavy atom. The molecule has 2 N–H and O–H groups in total. The van der Waals surface area contributed by atoms with Crippen LogP contribution in [0.2, 0.25) is 0 Å². The minimum atomic E-state index is 0.193. The lowest BCUT2D eigenvalue weighted by molar-refractivity contribution is 0.299. The third-order valence-corrected chi connectivity index (χ3v) is 3.55. The third-order valence-electron chi connectivity index (χ3n) is 3.55. The van der Waals surface area contributed by atoms with E-state index in [1.54, 1.807) is 7.11 Å². The molecule has 2 nitrogen and oxygen atoms in total. The summed E-state index contributed by atoms with van der Waals surface area (Å²) in [5, 5.41) is 0. The fourth-order valence-electron chi connectivity index (χ4n) is 2.96. The van der Waals surface area contributed by atoms with Crippen molar-refractivity contribution in [2.45, 2.75) is 39.2 Å². The highest BCUT2D eigenvalue weighted by molar-refractivity contribution is 5.37. The summed E-state index contributed by atoms with van der Waals surface area (Å²) < 4.78 is 5.41. The molecule has 1 aliphatic rings. The summed E-state index contributed by atoms with van der Waals surface area (Å²) in [5.74, 6) is 0.968. The molecular weight excluding hydrogens is 222 g/mol. The summed E-state index contributed by atoms with van der Waals surface area (Å²) in [6.07, 6.45) is 5.38. The number of para-hydroxylation sites is 1. The van der Waals surface area contributed by atoms with E-state index >= 15 is 0 Å². The van der Waals surface area contributed by atoms with Crippen LogP contribution in [0.5, 0.6) is 5.75 Å². The van der Waals surface area contributed by atoms with Crippen molar-refractivity contribution in [3.63, 3.8) is 0 Å². The van der Waals surface area contributed by atoms with Gasteiger partial charge in [-0.25, -0.2) is 0 Å². The molecule has 18 heavy (non-hydrogen) atoms. The molecule has 1 aromatic carbocycles. The van der Waals surface area contributed by atoms with Gasteiger partial charge in [0.1, 0.15) is 5.75 Å². The molecule has 0 aromatic heterocycles. The first-order valence-corrected chi connectivity index (χ1v) is 6.57. The lowest BCUT2D eigenvalue weighted by Gasteiger charge is -2.33. The number of rotatable bonds is 3. The van der Waals surface area contributed by atoms with Gasteiger partial charge in [-0.2, -0.15) is 0 Å². The van der Waals surface area contributed by atoms with Crippen molar-refractivity contribution in [3.05, 3.63) is 41.5 Å². The van der Waals surface area contributed by atoms with Crippen LogP contribution in [-0.2, 0) is 6.42 Å². The van der Waals surface area contributed by atoms with Crippen LogP contribution in [0.1, 0.15) is 32.3 Å². The van der Waals surface area contributed by atoms with Crippen LogP contribution >= 0.6 is 0 Å². The molecule has 0 amide bonds. The number of nitrogens with two attached hydrogens (primary N) is 1. The smallest absolute Gasteiger partial charge is 0.122 e. The first-order chi connectivity index (χ1) is 8.50. The van der Waals surface area contributed by atoms with Crippen LogP contribution in [0.15, 0.2) is 35.9 Å². The van der Waals surface area contributed by atoms with Crippen molar-refractivity contribution in [1.82, 2.24) is 0 Å². The third kappa shape index (κ3) is 3.14. The summed E-state index contributed by atoms with van der Waals surface area (Å²) in [4.78, 5) is 0. The van der Waals surface area contributed by atoms with Gasteiger partial charge in [-0.15, -0.1) is 0 Å². The highest BCUT2D eigenvalue weighted by Crippen LogP contribution is 2.36. The maximum Gasteiger partial charge on any atom is 0.122 e. The SMILES string of the molecule is COc1ccccc1CC1=CC(N)CC(C)(C)C1. The van der Waals surface area contributed by atoms with Gasteiger partial charge in [0.2, 0.25) is 0 Å². The largest absolute Gasteiger partial charge is 0.496 e. The summed E-state index contributed by atoms with van der Waals surface area (Å²) in [5.41, 5.74) is 9.11. The summed E-state index contributed by atoms with van der Waals surface area (Å²) in [6, 6.07) is 8.41. The molecule has 1 aromatic rings. The summed E-state index contributed by atoms with van der Waals surface area (Å²) >= 11 is 0. The average Bonchev–Trinajstić information content (AvgIpc) is 2.27. The maximum atomic E-state index is 6.12. The van der Waals surface area contributed by atoms with E-state index < -0.39 is 0 Å². The van der Waals surface area contributed by atoms with E-state index in [9.17, 15) is 0 Å². The standard InChI is InChI=1S/C16H23NO/c1-16(2)10-12(9-14(17)11-16)8-13-6-4-5-7-15(13)18-3/h4-7,9,14H,8,10-11,17H2,1-3H3. The molecular formula is C16H23NO. The topological polar surface area (TPSA) is 35.2 Å². The van der Waals surface area contributed by atoms with Crippen molar-refractivity contribution in [2.24, 2.45) is 11.1 Å². The van der Waals surface area contributed by atoms with E-state index in [1.165, 1.54) is 11.1 Å². The Kier molecular flexibility index (Phi) is 3.76. The maximum absolute atomic E-state index is 6.12.